The van der Waals surface area contributed by atoms with E-state index in [0.29, 0.717) is 0 Å². The van der Waals surface area contributed by atoms with Gasteiger partial charge in [0.25, 0.3) is 0 Å². The van der Waals surface area contributed by atoms with Gasteiger partial charge in [-0.2, -0.15) is 0 Å². The molecule has 1 aromatic carbocycles. The van der Waals surface area contributed by atoms with Crippen LogP contribution >= 0.6 is 0 Å². The Bertz CT molecular complexity index is 245. The fourth-order valence-electron chi connectivity index (χ4n) is 1.27. The van der Waals surface area contributed by atoms with Gasteiger partial charge in [-0.15, -0.1) is 0 Å². The monoisotopic (exact) mass is 165 g/mol. The highest BCUT2D eigenvalue weighted by molar-refractivity contribution is 6.53. The molecule has 0 saturated heterocycles. The smallest absolute Gasteiger partial charge is 0.0548 e. The third kappa shape index (κ3) is 2.08. The molecule has 0 atom stereocenters. The predicted molar refractivity (Wildman–Crippen MR) is 54.3 cm³/mol. The fraction of sp³-hybridized carbons (Fsp3) is 0.333. The molecule has 1 rings (SSSR count). The second-order valence-corrected chi connectivity index (χ2v) is 5.20. The number of hydrogen-bond donors (Lipinski definition) is 1. The number of nitrogen functional groups attached to an aromatic ring is 1. The maximum atomic E-state index is 5.64. The second-order valence-electron chi connectivity index (χ2n) is 2.94. The molecule has 11 heavy (non-hydrogen) atoms. The van der Waals surface area contributed by atoms with E-state index in [4.69, 9.17) is 5.73 Å². The average Bonchev–Trinajstić information content (AvgIpc) is 1.95. The summed E-state index contributed by atoms with van der Waals surface area (Å²) < 4.78 is 0. The molecule has 0 spiro atoms. The summed E-state index contributed by atoms with van der Waals surface area (Å²) in [6.45, 7) is 4.40. The normalized spacial score (nSPS) is 11.1. The standard InChI is InChI=1S/C9H15NSi/c1-3-11-9-5-4-8(10)6-7(9)2/h4-6H,3,10-11H2,1-2H3. The van der Waals surface area contributed by atoms with Crippen LogP contribution in [0.1, 0.15) is 12.5 Å². The van der Waals surface area contributed by atoms with Crippen molar-refractivity contribution in [3.05, 3.63) is 23.8 Å². The lowest BCUT2D eigenvalue weighted by Crippen LogP contribution is -2.16. The van der Waals surface area contributed by atoms with Gasteiger partial charge in [-0.05, 0) is 19.1 Å². The lowest BCUT2D eigenvalue weighted by molar-refractivity contribution is 1.44. The summed E-state index contributed by atoms with van der Waals surface area (Å²) in [5, 5.41) is 1.56. The molecular formula is C9H15NSi. The third-order valence-electron chi connectivity index (χ3n) is 1.89. The van der Waals surface area contributed by atoms with Crippen LogP contribution in [0.2, 0.25) is 6.04 Å². The maximum Gasteiger partial charge on any atom is 0.0548 e. The predicted octanol–water partition coefficient (Wildman–Crippen LogP) is 0.810. The number of nitrogens with two attached hydrogens (primary N) is 1. The molecule has 0 bridgehead atoms. The van der Waals surface area contributed by atoms with Crippen molar-refractivity contribution < 1.29 is 0 Å². The van der Waals surface area contributed by atoms with Crippen molar-refractivity contribution in [2.45, 2.75) is 19.9 Å². The zero-order chi connectivity index (χ0) is 8.27. The van der Waals surface area contributed by atoms with Gasteiger partial charge in [0.15, 0.2) is 0 Å². The number of aryl methyl sites for hydroxylation is 1. The van der Waals surface area contributed by atoms with Crippen molar-refractivity contribution in [3.8, 4) is 0 Å². The SMILES string of the molecule is CC[SiH2]c1ccc(N)cc1C. The van der Waals surface area contributed by atoms with Gasteiger partial charge in [0.05, 0.1) is 9.52 Å². The number of rotatable bonds is 2. The van der Waals surface area contributed by atoms with Crippen molar-refractivity contribution in [3.63, 3.8) is 0 Å². The summed E-state index contributed by atoms with van der Waals surface area (Å²) >= 11 is 0. The second kappa shape index (κ2) is 3.58. The quantitative estimate of drug-likeness (QED) is 0.509. The summed E-state index contributed by atoms with van der Waals surface area (Å²) in [5.41, 5.74) is 7.90. The first-order valence-corrected chi connectivity index (χ1v) is 5.79. The Labute approximate surface area is 70.4 Å². The van der Waals surface area contributed by atoms with Crippen LogP contribution in [0.5, 0.6) is 0 Å². The molecule has 2 heteroatoms. The summed E-state index contributed by atoms with van der Waals surface area (Å²) in [6.07, 6.45) is 0. The van der Waals surface area contributed by atoms with Crippen LogP contribution in [0.4, 0.5) is 5.69 Å². The first kappa shape index (κ1) is 8.33. The van der Waals surface area contributed by atoms with Crippen LogP contribution in [0.25, 0.3) is 0 Å². The van der Waals surface area contributed by atoms with Crippen LogP contribution in [-0.4, -0.2) is 9.52 Å². The van der Waals surface area contributed by atoms with E-state index >= 15 is 0 Å². The largest absolute Gasteiger partial charge is 0.399 e. The zero-order valence-corrected chi connectivity index (χ0v) is 8.64. The Hall–Kier alpha value is -0.763. The molecule has 0 heterocycles. The van der Waals surface area contributed by atoms with Gasteiger partial charge in [0.2, 0.25) is 0 Å². The molecule has 0 aliphatic heterocycles. The number of anilines is 1. The fourth-order valence-corrected chi connectivity index (χ4v) is 2.59. The lowest BCUT2D eigenvalue weighted by atomic mass is 10.2. The van der Waals surface area contributed by atoms with E-state index in [-0.39, 0.29) is 9.52 Å². The minimum Gasteiger partial charge on any atom is -0.399 e. The molecule has 0 aliphatic carbocycles. The molecule has 0 saturated carbocycles. The van der Waals surface area contributed by atoms with E-state index < -0.39 is 0 Å². The van der Waals surface area contributed by atoms with E-state index in [0.717, 1.165) is 5.69 Å². The Morgan fingerprint density at radius 1 is 1.45 bits per heavy atom. The average molecular weight is 165 g/mol. The van der Waals surface area contributed by atoms with E-state index in [1.807, 2.05) is 6.07 Å². The van der Waals surface area contributed by atoms with E-state index in [1.54, 1.807) is 5.19 Å². The van der Waals surface area contributed by atoms with Gasteiger partial charge in [0.1, 0.15) is 0 Å². The van der Waals surface area contributed by atoms with Gasteiger partial charge in [-0.1, -0.05) is 29.8 Å². The minimum absolute atomic E-state index is 0.00150. The first-order valence-electron chi connectivity index (χ1n) is 4.09. The van der Waals surface area contributed by atoms with Crippen molar-refractivity contribution in [2.75, 3.05) is 5.73 Å². The Balaban J connectivity index is 2.90. The zero-order valence-electron chi connectivity index (χ0n) is 7.22. The van der Waals surface area contributed by atoms with Crippen molar-refractivity contribution in [1.29, 1.82) is 0 Å². The summed E-state index contributed by atoms with van der Waals surface area (Å²) in [6, 6.07) is 7.59. The minimum atomic E-state index is -0.00150. The molecule has 0 unspecified atom stereocenters. The summed E-state index contributed by atoms with van der Waals surface area (Å²) in [5.74, 6) is 0. The Kier molecular flexibility index (Phi) is 2.71. The van der Waals surface area contributed by atoms with E-state index in [1.165, 1.54) is 11.6 Å². The molecule has 0 aromatic heterocycles. The topological polar surface area (TPSA) is 26.0 Å². The third-order valence-corrected chi connectivity index (χ3v) is 3.72. The number of hydrogen-bond acceptors (Lipinski definition) is 1. The van der Waals surface area contributed by atoms with Crippen molar-refractivity contribution in [2.24, 2.45) is 0 Å². The highest BCUT2D eigenvalue weighted by Crippen LogP contribution is 2.02. The Morgan fingerprint density at radius 2 is 2.18 bits per heavy atom. The van der Waals surface area contributed by atoms with Crippen LogP contribution in [0.15, 0.2) is 18.2 Å². The van der Waals surface area contributed by atoms with E-state index in [9.17, 15) is 0 Å². The molecule has 0 amide bonds. The van der Waals surface area contributed by atoms with Crippen LogP contribution in [0.3, 0.4) is 0 Å². The van der Waals surface area contributed by atoms with Crippen LogP contribution < -0.4 is 10.9 Å². The molecule has 2 N–H and O–H groups in total. The van der Waals surface area contributed by atoms with E-state index in [2.05, 4.69) is 26.0 Å². The highest BCUT2D eigenvalue weighted by atomic mass is 28.2. The lowest BCUT2D eigenvalue weighted by Gasteiger charge is -2.03. The van der Waals surface area contributed by atoms with Gasteiger partial charge in [-0.25, -0.2) is 0 Å². The molecule has 0 aliphatic rings. The molecular weight excluding hydrogens is 150 g/mol. The molecule has 1 nitrogen and oxygen atoms in total. The summed E-state index contributed by atoms with van der Waals surface area (Å²) in [4.78, 5) is 0. The molecule has 0 radical (unpaired) electrons. The van der Waals surface area contributed by atoms with Crippen molar-refractivity contribution >= 4 is 20.4 Å². The van der Waals surface area contributed by atoms with Crippen molar-refractivity contribution in [1.82, 2.24) is 0 Å². The maximum absolute atomic E-state index is 5.64. The first-order chi connectivity index (χ1) is 5.24. The van der Waals surface area contributed by atoms with Gasteiger partial charge in [-0.3, -0.25) is 0 Å². The summed E-state index contributed by atoms with van der Waals surface area (Å²) in [7, 11) is -0.00150. The number of benzene rings is 1. The van der Waals surface area contributed by atoms with Crippen LogP contribution in [0, 0.1) is 6.92 Å². The molecule has 0 fully saturated rings. The van der Waals surface area contributed by atoms with Gasteiger partial charge >= 0.3 is 0 Å². The molecule has 1 aromatic rings. The molecule has 60 valence electrons. The van der Waals surface area contributed by atoms with Gasteiger partial charge in [0, 0.05) is 5.69 Å². The Morgan fingerprint density at radius 3 is 2.73 bits per heavy atom. The van der Waals surface area contributed by atoms with Gasteiger partial charge < -0.3 is 5.73 Å². The van der Waals surface area contributed by atoms with Crippen LogP contribution in [-0.2, 0) is 0 Å². The highest BCUT2D eigenvalue weighted by Gasteiger charge is 1.96.